The lowest BCUT2D eigenvalue weighted by molar-refractivity contribution is 0.603. The molecule has 1 N–H and O–H groups in total. The van der Waals surface area contributed by atoms with Crippen LogP contribution in [-0.2, 0) is 5.41 Å². The number of halogens is 1. The Bertz CT molecular complexity index is 583. The van der Waals surface area contributed by atoms with Crippen molar-refractivity contribution in [1.29, 1.82) is 0 Å². The van der Waals surface area contributed by atoms with E-state index in [1.165, 1.54) is 15.3 Å². The van der Waals surface area contributed by atoms with Gasteiger partial charge in [0, 0.05) is 14.8 Å². The highest BCUT2D eigenvalue weighted by Crippen LogP contribution is 2.35. The summed E-state index contributed by atoms with van der Waals surface area (Å²) in [5.74, 6) is 0. The van der Waals surface area contributed by atoms with Gasteiger partial charge in [0.05, 0.1) is 6.04 Å². The standard InChI is InChI=1S/C18H24ClNS/c1-5-11-20-17(13-7-6-8-14(19)12-13)15-9-10-16(21-15)18(2,3)4/h6-10,12,17,20H,5,11H2,1-4H3. The molecule has 1 unspecified atom stereocenters. The molecule has 1 aromatic carbocycles. The van der Waals surface area contributed by atoms with E-state index in [-0.39, 0.29) is 11.5 Å². The number of hydrogen-bond donors (Lipinski definition) is 1. The predicted molar refractivity (Wildman–Crippen MR) is 94.6 cm³/mol. The van der Waals surface area contributed by atoms with Gasteiger partial charge in [-0.05, 0) is 48.2 Å². The molecule has 0 saturated heterocycles. The van der Waals surface area contributed by atoms with Crippen molar-refractivity contribution in [3.05, 3.63) is 56.7 Å². The molecular weight excluding hydrogens is 298 g/mol. The van der Waals surface area contributed by atoms with Crippen LogP contribution < -0.4 is 5.32 Å². The lowest BCUT2D eigenvalue weighted by Crippen LogP contribution is -2.22. The van der Waals surface area contributed by atoms with Crippen LogP contribution in [0.15, 0.2) is 36.4 Å². The highest BCUT2D eigenvalue weighted by molar-refractivity contribution is 7.12. The second-order valence-electron chi connectivity index (χ2n) is 6.39. The molecule has 2 rings (SSSR count). The first-order chi connectivity index (χ1) is 9.91. The summed E-state index contributed by atoms with van der Waals surface area (Å²) < 4.78 is 0. The zero-order chi connectivity index (χ0) is 15.5. The van der Waals surface area contributed by atoms with E-state index in [2.05, 4.69) is 57.3 Å². The molecular formula is C18H24ClNS. The minimum Gasteiger partial charge on any atom is -0.306 e. The van der Waals surface area contributed by atoms with Crippen LogP contribution in [-0.4, -0.2) is 6.54 Å². The van der Waals surface area contributed by atoms with E-state index in [0.29, 0.717) is 0 Å². The van der Waals surface area contributed by atoms with Crippen LogP contribution in [0.5, 0.6) is 0 Å². The molecule has 21 heavy (non-hydrogen) atoms. The first-order valence-corrected chi connectivity index (χ1v) is 8.70. The smallest absolute Gasteiger partial charge is 0.0671 e. The van der Waals surface area contributed by atoms with Crippen LogP contribution in [0.2, 0.25) is 5.02 Å². The molecule has 2 aromatic rings. The summed E-state index contributed by atoms with van der Waals surface area (Å²) in [5, 5.41) is 4.44. The van der Waals surface area contributed by atoms with E-state index < -0.39 is 0 Å². The lowest BCUT2D eigenvalue weighted by atomic mass is 9.95. The van der Waals surface area contributed by atoms with Crippen molar-refractivity contribution in [2.45, 2.75) is 45.6 Å². The highest BCUT2D eigenvalue weighted by Gasteiger charge is 2.20. The number of hydrogen-bond acceptors (Lipinski definition) is 2. The molecule has 0 fully saturated rings. The zero-order valence-electron chi connectivity index (χ0n) is 13.2. The minimum absolute atomic E-state index is 0.201. The Morgan fingerprint density at radius 3 is 2.52 bits per heavy atom. The Kier molecular flexibility index (Phi) is 5.48. The van der Waals surface area contributed by atoms with Crippen LogP contribution >= 0.6 is 22.9 Å². The topological polar surface area (TPSA) is 12.0 Å². The van der Waals surface area contributed by atoms with Crippen molar-refractivity contribution in [2.75, 3.05) is 6.54 Å². The van der Waals surface area contributed by atoms with Crippen LogP contribution in [0, 0.1) is 0 Å². The van der Waals surface area contributed by atoms with Crippen molar-refractivity contribution in [1.82, 2.24) is 5.32 Å². The SMILES string of the molecule is CCCNC(c1cccc(Cl)c1)c1ccc(C(C)(C)C)s1. The Morgan fingerprint density at radius 2 is 1.95 bits per heavy atom. The molecule has 0 aliphatic carbocycles. The average Bonchev–Trinajstić information content (AvgIpc) is 2.89. The number of benzene rings is 1. The van der Waals surface area contributed by atoms with Crippen LogP contribution in [0.25, 0.3) is 0 Å². The van der Waals surface area contributed by atoms with E-state index in [9.17, 15) is 0 Å². The molecule has 0 aliphatic heterocycles. The number of thiophene rings is 1. The molecule has 0 saturated carbocycles. The summed E-state index contributed by atoms with van der Waals surface area (Å²) >= 11 is 8.06. The quantitative estimate of drug-likeness (QED) is 0.735. The van der Waals surface area contributed by atoms with Gasteiger partial charge in [0.2, 0.25) is 0 Å². The number of nitrogens with one attached hydrogen (secondary N) is 1. The third-order valence-corrected chi connectivity index (χ3v) is 5.24. The molecule has 1 nitrogen and oxygen atoms in total. The number of rotatable bonds is 5. The fourth-order valence-corrected chi connectivity index (χ4v) is 3.64. The highest BCUT2D eigenvalue weighted by atomic mass is 35.5. The molecule has 0 bridgehead atoms. The van der Waals surface area contributed by atoms with Crippen molar-refractivity contribution in [3.8, 4) is 0 Å². The van der Waals surface area contributed by atoms with Gasteiger partial charge in [-0.25, -0.2) is 0 Å². The predicted octanol–water partition coefficient (Wildman–Crippen LogP) is 5.79. The van der Waals surface area contributed by atoms with E-state index in [4.69, 9.17) is 11.6 Å². The van der Waals surface area contributed by atoms with E-state index >= 15 is 0 Å². The second kappa shape index (κ2) is 6.95. The maximum atomic E-state index is 6.16. The van der Waals surface area contributed by atoms with Crippen molar-refractivity contribution >= 4 is 22.9 Å². The van der Waals surface area contributed by atoms with Gasteiger partial charge in [-0.3, -0.25) is 0 Å². The van der Waals surface area contributed by atoms with Gasteiger partial charge in [0.1, 0.15) is 0 Å². The first kappa shape index (κ1) is 16.5. The summed E-state index contributed by atoms with van der Waals surface area (Å²) in [4.78, 5) is 2.78. The fraction of sp³-hybridized carbons (Fsp3) is 0.444. The summed E-state index contributed by atoms with van der Waals surface area (Å²) in [7, 11) is 0. The Hall–Kier alpha value is -0.830. The normalized spacial score (nSPS) is 13.4. The monoisotopic (exact) mass is 321 g/mol. The van der Waals surface area contributed by atoms with Crippen LogP contribution in [0.1, 0.15) is 55.5 Å². The van der Waals surface area contributed by atoms with Crippen molar-refractivity contribution in [2.24, 2.45) is 0 Å². The summed E-state index contributed by atoms with van der Waals surface area (Å²) in [6.07, 6.45) is 1.12. The van der Waals surface area contributed by atoms with E-state index in [1.807, 2.05) is 23.5 Å². The maximum Gasteiger partial charge on any atom is 0.0671 e. The Balaban J connectivity index is 2.34. The van der Waals surface area contributed by atoms with Crippen LogP contribution in [0.3, 0.4) is 0 Å². The lowest BCUT2D eigenvalue weighted by Gasteiger charge is -2.19. The molecule has 0 spiro atoms. The summed E-state index contributed by atoms with van der Waals surface area (Å²) in [6.45, 7) is 9.97. The maximum absolute atomic E-state index is 6.16. The molecule has 1 atom stereocenters. The first-order valence-electron chi connectivity index (χ1n) is 7.51. The van der Waals surface area contributed by atoms with Gasteiger partial charge >= 0.3 is 0 Å². The zero-order valence-corrected chi connectivity index (χ0v) is 14.8. The molecule has 114 valence electrons. The van der Waals surface area contributed by atoms with Crippen molar-refractivity contribution in [3.63, 3.8) is 0 Å². The Labute approximate surface area is 137 Å². The minimum atomic E-state index is 0.201. The fourth-order valence-electron chi connectivity index (χ4n) is 2.27. The summed E-state index contributed by atoms with van der Waals surface area (Å²) in [6, 6.07) is 12.9. The second-order valence-corrected chi connectivity index (χ2v) is 7.95. The van der Waals surface area contributed by atoms with Gasteiger partial charge in [-0.15, -0.1) is 11.3 Å². The van der Waals surface area contributed by atoms with Crippen molar-refractivity contribution < 1.29 is 0 Å². The molecule has 3 heteroatoms. The third-order valence-electron chi connectivity index (χ3n) is 3.43. The van der Waals surface area contributed by atoms with Gasteiger partial charge in [0.25, 0.3) is 0 Å². The largest absolute Gasteiger partial charge is 0.306 e. The third kappa shape index (κ3) is 4.32. The molecule has 1 aromatic heterocycles. The van der Waals surface area contributed by atoms with E-state index in [1.54, 1.807) is 0 Å². The molecule has 1 heterocycles. The van der Waals surface area contributed by atoms with Gasteiger partial charge in [-0.1, -0.05) is 51.4 Å². The Morgan fingerprint density at radius 1 is 1.19 bits per heavy atom. The van der Waals surface area contributed by atoms with E-state index in [0.717, 1.165) is 18.0 Å². The van der Waals surface area contributed by atoms with Gasteiger partial charge in [-0.2, -0.15) is 0 Å². The van der Waals surface area contributed by atoms with Gasteiger partial charge < -0.3 is 5.32 Å². The summed E-state index contributed by atoms with van der Waals surface area (Å²) in [5.41, 5.74) is 1.44. The molecule has 0 amide bonds. The molecule has 0 radical (unpaired) electrons. The average molecular weight is 322 g/mol. The van der Waals surface area contributed by atoms with Gasteiger partial charge in [0.15, 0.2) is 0 Å². The van der Waals surface area contributed by atoms with Crippen LogP contribution in [0.4, 0.5) is 0 Å². The molecule has 0 aliphatic rings.